The Morgan fingerprint density at radius 1 is 1.57 bits per heavy atom. The molecular weight excluding hydrogens is 291 g/mol. The minimum absolute atomic E-state index is 0.0368. The lowest BCUT2D eigenvalue weighted by Crippen LogP contribution is -2.36. The lowest BCUT2D eigenvalue weighted by Gasteiger charge is -2.37. The summed E-state index contributed by atoms with van der Waals surface area (Å²) in [6.07, 6.45) is 3.27. The van der Waals surface area contributed by atoms with Gasteiger partial charge in [0.1, 0.15) is 0 Å². The van der Waals surface area contributed by atoms with Gasteiger partial charge in [0.2, 0.25) is 0 Å². The van der Waals surface area contributed by atoms with Crippen molar-refractivity contribution in [3.05, 3.63) is 0 Å². The van der Waals surface area contributed by atoms with Gasteiger partial charge < -0.3 is 4.74 Å². The monoisotopic (exact) mass is 306 g/mol. The molecule has 5 unspecified atom stereocenters. The summed E-state index contributed by atoms with van der Waals surface area (Å²) in [6, 6.07) is 0. The molecule has 0 aromatic carbocycles. The summed E-state index contributed by atoms with van der Waals surface area (Å²) in [7, 11) is 0. The van der Waals surface area contributed by atoms with Crippen molar-refractivity contribution in [2.75, 3.05) is 6.61 Å². The number of halogens is 1. The fourth-order valence-electron chi connectivity index (χ4n) is 3.98. The van der Waals surface area contributed by atoms with E-state index in [4.69, 9.17) is 4.74 Å². The van der Waals surface area contributed by atoms with Crippen LogP contribution in [-0.4, -0.2) is 16.5 Å². The van der Waals surface area contributed by atoms with Crippen LogP contribution in [0.5, 0.6) is 0 Å². The maximum atomic E-state index is 11.2. The van der Waals surface area contributed by atoms with E-state index in [0.717, 1.165) is 21.7 Å². The number of fused-ring (bicyclic) bond motifs is 3. The third-order valence-electron chi connectivity index (χ3n) is 4.62. The van der Waals surface area contributed by atoms with Gasteiger partial charge in [0, 0.05) is 9.34 Å². The first kappa shape index (κ1) is 9.43. The summed E-state index contributed by atoms with van der Waals surface area (Å²) >= 11 is 2.60. The number of cyclic esters (lactones) is 1. The molecule has 1 heterocycles. The molecule has 0 radical (unpaired) electrons. The van der Waals surface area contributed by atoms with E-state index in [1.807, 2.05) is 0 Å². The van der Waals surface area contributed by atoms with Crippen LogP contribution in [0.2, 0.25) is 0 Å². The van der Waals surface area contributed by atoms with E-state index in [9.17, 15) is 4.79 Å². The highest BCUT2D eigenvalue weighted by molar-refractivity contribution is 14.1. The van der Waals surface area contributed by atoms with E-state index in [2.05, 4.69) is 29.5 Å². The fourth-order valence-corrected chi connectivity index (χ4v) is 5.03. The van der Waals surface area contributed by atoms with Crippen LogP contribution in [0, 0.1) is 23.2 Å². The van der Waals surface area contributed by atoms with Crippen molar-refractivity contribution in [2.45, 2.75) is 30.1 Å². The van der Waals surface area contributed by atoms with Gasteiger partial charge in [0.15, 0.2) is 0 Å². The molecule has 78 valence electrons. The second kappa shape index (κ2) is 2.86. The largest absolute Gasteiger partial charge is 0.465 e. The Hall–Kier alpha value is 0.200. The zero-order valence-electron chi connectivity index (χ0n) is 8.33. The highest BCUT2D eigenvalue weighted by Gasteiger charge is 2.60. The Bertz CT molecular complexity index is 289. The van der Waals surface area contributed by atoms with Crippen LogP contribution in [0.1, 0.15) is 26.2 Å². The van der Waals surface area contributed by atoms with Crippen LogP contribution in [0.3, 0.4) is 0 Å². The van der Waals surface area contributed by atoms with E-state index in [-0.39, 0.29) is 11.4 Å². The molecule has 0 N–H and O–H groups in total. The Morgan fingerprint density at radius 3 is 2.86 bits per heavy atom. The molecule has 2 aliphatic carbocycles. The Morgan fingerprint density at radius 2 is 2.36 bits per heavy atom. The Kier molecular flexibility index (Phi) is 1.93. The zero-order chi connectivity index (χ0) is 9.92. The number of hydrogen-bond donors (Lipinski definition) is 0. The van der Waals surface area contributed by atoms with Crippen molar-refractivity contribution >= 4 is 28.6 Å². The molecule has 1 aliphatic heterocycles. The van der Waals surface area contributed by atoms with Crippen LogP contribution >= 0.6 is 22.6 Å². The number of hydrogen-bond acceptors (Lipinski definition) is 2. The maximum absolute atomic E-state index is 11.2. The standard InChI is InChI=1S/C11H15IO2/c1-6-8-2-7(10(6)12)3-11(8)4-9(13)14-5-11/h6-8,10H,2-5H2,1H3. The first-order chi connectivity index (χ1) is 6.62. The van der Waals surface area contributed by atoms with Crippen LogP contribution in [0.4, 0.5) is 0 Å². The number of ether oxygens (including phenoxy) is 1. The average molecular weight is 306 g/mol. The number of esters is 1. The SMILES string of the molecule is CC1C(I)C2CC1C1(COC(=O)C1)C2. The summed E-state index contributed by atoms with van der Waals surface area (Å²) in [6.45, 7) is 3.06. The molecule has 3 heteroatoms. The first-order valence-corrected chi connectivity index (χ1v) is 6.67. The minimum Gasteiger partial charge on any atom is -0.465 e. The van der Waals surface area contributed by atoms with Gasteiger partial charge in [-0.1, -0.05) is 29.5 Å². The normalized spacial score (nSPS) is 55.7. The van der Waals surface area contributed by atoms with Gasteiger partial charge in [0.05, 0.1) is 13.0 Å². The van der Waals surface area contributed by atoms with Gasteiger partial charge in [0.25, 0.3) is 0 Å². The molecule has 3 fully saturated rings. The topological polar surface area (TPSA) is 26.3 Å². The quantitative estimate of drug-likeness (QED) is 0.390. The van der Waals surface area contributed by atoms with Gasteiger partial charge in [-0.2, -0.15) is 0 Å². The third kappa shape index (κ3) is 1.05. The molecule has 5 atom stereocenters. The molecule has 1 spiro atoms. The van der Waals surface area contributed by atoms with Gasteiger partial charge in [-0.3, -0.25) is 4.79 Å². The van der Waals surface area contributed by atoms with Crippen LogP contribution in [0.15, 0.2) is 0 Å². The van der Waals surface area contributed by atoms with E-state index in [0.29, 0.717) is 13.0 Å². The highest BCUT2D eigenvalue weighted by atomic mass is 127. The summed E-state index contributed by atoms with van der Waals surface area (Å²) < 4.78 is 6.02. The van der Waals surface area contributed by atoms with Crippen molar-refractivity contribution in [3.8, 4) is 0 Å². The predicted octanol–water partition coefficient (Wildman–Crippen LogP) is 2.40. The van der Waals surface area contributed by atoms with Crippen molar-refractivity contribution in [3.63, 3.8) is 0 Å². The first-order valence-electron chi connectivity index (χ1n) is 5.42. The van der Waals surface area contributed by atoms with Crippen molar-refractivity contribution < 1.29 is 9.53 Å². The van der Waals surface area contributed by atoms with Gasteiger partial charge >= 0.3 is 5.97 Å². The molecule has 14 heavy (non-hydrogen) atoms. The lowest BCUT2D eigenvalue weighted by molar-refractivity contribution is -0.137. The third-order valence-corrected chi connectivity index (χ3v) is 6.77. The van der Waals surface area contributed by atoms with Crippen molar-refractivity contribution in [1.82, 2.24) is 0 Å². The molecule has 0 aromatic heterocycles. The van der Waals surface area contributed by atoms with E-state index < -0.39 is 0 Å². The molecule has 0 amide bonds. The number of carbonyl (C=O) groups excluding carboxylic acids is 1. The summed E-state index contributed by atoms with van der Waals surface area (Å²) in [5, 5.41) is 0. The van der Waals surface area contributed by atoms with Crippen LogP contribution in [0.25, 0.3) is 0 Å². The summed E-state index contributed by atoms with van der Waals surface area (Å²) in [4.78, 5) is 11.2. The van der Waals surface area contributed by atoms with Gasteiger partial charge in [-0.15, -0.1) is 0 Å². The highest BCUT2D eigenvalue weighted by Crippen LogP contribution is 2.63. The number of carbonyl (C=O) groups is 1. The molecule has 2 bridgehead atoms. The van der Waals surface area contributed by atoms with E-state index in [1.165, 1.54) is 12.8 Å². The van der Waals surface area contributed by atoms with Crippen LogP contribution in [-0.2, 0) is 9.53 Å². The molecule has 0 aromatic rings. The number of alkyl halides is 1. The molecule has 2 saturated carbocycles. The van der Waals surface area contributed by atoms with E-state index in [1.54, 1.807) is 0 Å². The molecule has 3 rings (SSSR count). The maximum Gasteiger partial charge on any atom is 0.306 e. The van der Waals surface area contributed by atoms with Crippen LogP contribution < -0.4 is 0 Å². The lowest BCUT2D eigenvalue weighted by atomic mass is 9.68. The Labute approximate surface area is 97.9 Å². The second-order valence-corrected chi connectivity index (χ2v) is 6.75. The van der Waals surface area contributed by atoms with E-state index >= 15 is 0 Å². The zero-order valence-corrected chi connectivity index (χ0v) is 10.5. The Balaban J connectivity index is 1.89. The summed E-state index contributed by atoms with van der Waals surface area (Å²) in [5.41, 5.74) is 0.253. The minimum atomic E-state index is 0.0368. The molecular formula is C11H15IO2. The smallest absolute Gasteiger partial charge is 0.306 e. The molecule has 2 nitrogen and oxygen atoms in total. The number of rotatable bonds is 0. The predicted molar refractivity (Wildman–Crippen MR) is 61.2 cm³/mol. The fraction of sp³-hybridized carbons (Fsp3) is 0.909. The summed E-state index contributed by atoms with van der Waals surface area (Å²) in [5.74, 6) is 2.42. The van der Waals surface area contributed by atoms with Crippen molar-refractivity contribution in [2.24, 2.45) is 23.2 Å². The van der Waals surface area contributed by atoms with Gasteiger partial charge in [-0.05, 0) is 30.6 Å². The molecule has 3 aliphatic rings. The average Bonchev–Trinajstić information content (AvgIpc) is 2.75. The van der Waals surface area contributed by atoms with Crippen molar-refractivity contribution in [1.29, 1.82) is 0 Å². The second-order valence-electron chi connectivity index (χ2n) is 5.31. The molecule has 1 saturated heterocycles. The van der Waals surface area contributed by atoms with Gasteiger partial charge in [-0.25, -0.2) is 0 Å².